The summed E-state index contributed by atoms with van der Waals surface area (Å²) in [7, 11) is 3.27. The molecule has 1 heterocycles. The molecule has 0 bridgehead atoms. The van der Waals surface area contributed by atoms with E-state index in [0.29, 0.717) is 5.82 Å². The maximum atomic E-state index is 5.96. The van der Waals surface area contributed by atoms with Crippen LogP contribution in [0.2, 0.25) is 0 Å². The number of aryl methyl sites for hydroxylation is 1. The molecule has 0 fully saturated rings. The zero-order valence-electron chi connectivity index (χ0n) is 14.8. The SMILES string of the molecule is COc1cc(OC)cc(C(C)(C)C=Cc2c(C)nc(N)nc2N)c1. The molecule has 6 heteroatoms. The molecule has 0 amide bonds. The van der Waals surface area contributed by atoms with E-state index in [2.05, 4.69) is 29.9 Å². The Balaban J connectivity index is 2.41. The molecule has 24 heavy (non-hydrogen) atoms. The van der Waals surface area contributed by atoms with Gasteiger partial charge >= 0.3 is 0 Å². The van der Waals surface area contributed by atoms with Crippen molar-refractivity contribution in [3.05, 3.63) is 41.1 Å². The van der Waals surface area contributed by atoms with E-state index >= 15 is 0 Å². The van der Waals surface area contributed by atoms with Crippen LogP contribution in [-0.2, 0) is 5.41 Å². The van der Waals surface area contributed by atoms with Crippen LogP contribution < -0.4 is 20.9 Å². The highest BCUT2D eigenvalue weighted by Crippen LogP contribution is 2.33. The van der Waals surface area contributed by atoms with Crippen molar-refractivity contribution >= 4 is 17.8 Å². The first-order chi connectivity index (χ1) is 11.3. The van der Waals surface area contributed by atoms with E-state index < -0.39 is 0 Å². The van der Waals surface area contributed by atoms with E-state index in [1.807, 2.05) is 31.2 Å². The van der Waals surface area contributed by atoms with Gasteiger partial charge in [0, 0.05) is 17.0 Å². The maximum Gasteiger partial charge on any atom is 0.222 e. The van der Waals surface area contributed by atoms with Crippen molar-refractivity contribution in [2.24, 2.45) is 0 Å². The van der Waals surface area contributed by atoms with Crippen molar-refractivity contribution in [3.8, 4) is 11.5 Å². The van der Waals surface area contributed by atoms with Crippen molar-refractivity contribution in [3.63, 3.8) is 0 Å². The quantitative estimate of drug-likeness (QED) is 0.876. The lowest BCUT2D eigenvalue weighted by Gasteiger charge is -2.22. The molecule has 1 aromatic heterocycles. The highest BCUT2D eigenvalue weighted by Gasteiger charge is 2.19. The van der Waals surface area contributed by atoms with Crippen LogP contribution in [0.4, 0.5) is 11.8 Å². The second kappa shape index (κ2) is 6.78. The number of anilines is 2. The Hall–Kier alpha value is -2.76. The summed E-state index contributed by atoms with van der Waals surface area (Å²) in [6.07, 6.45) is 3.98. The third-order valence-corrected chi connectivity index (χ3v) is 3.95. The molecule has 128 valence electrons. The van der Waals surface area contributed by atoms with Gasteiger partial charge in [-0.1, -0.05) is 26.0 Å². The highest BCUT2D eigenvalue weighted by atomic mass is 16.5. The predicted octanol–water partition coefficient (Wildman–Crippen LogP) is 2.96. The summed E-state index contributed by atoms with van der Waals surface area (Å²) in [6.45, 7) is 6.05. The number of aromatic nitrogens is 2. The topological polar surface area (TPSA) is 96.3 Å². The van der Waals surface area contributed by atoms with E-state index in [1.165, 1.54) is 0 Å². The highest BCUT2D eigenvalue weighted by molar-refractivity contribution is 5.65. The normalized spacial score (nSPS) is 11.7. The van der Waals surface area contributed by atoms with E-state index in [4.69, 9.17) is 20.9 Å². The van der Waals surface area contributed by atoms with Crippen molar-refractivity contribution in [1.82, 2.24) is 9.97 Å². The lowest BCUT2D eigenvalue weighted by Crippen LogP contribution is -2.14. The summed E-state index contributed by atoms with van der Waals surface area (Å²) in [6, 6.07) is 5.82. The Morgan fingerprint density at radius 2 is 1.58 bits per heavy atom. The Morgan fingerprint density at radius 1 is 1.00 bits per heavy atom. The van der Waals surface area contributed by atoms with E-state index in [-0.39, 0.29) is 11.4 Å². The predicted molar refractivity (Wildman–Crippen MR) is 97.2 cm³/mol. The number of nitrogens with zero attached hydrogens (tertiary/aromatic N) is 2. The van der Waals surface area contributed by atoms with E-state index in [1.54, 1.807) is 14.2 Å². The Morgan fingerprint density at radius 3 is 2.08 bits per heavy atom. The molecule has 2 aromatic rings. The van der Waals surface area contributed by atoms with E-state index in [0.717, 1.165) is 28.3 Å². The monoisotopic (exact) mass is 328 g/mol. The number of nitrogens with two attached hydrogens (primary N) is 2. The smallest absolute Gasteiger partial charge is 0.222 e. The minimum absolute atomic E-state index is 0.180. The fraction of sp³-hybridized carbons (Fsp3) is 0.333. The number of ether oxygens (including phenoxy) is 2. The van der Waals surface area contributed by atoms with Gasteiger partial charge in [-0.2, -0.15) is 4.98 Å². The number of allylic oxidation sites excluding steroid dienone is 1. The number of nitrogen functional groups attached to an aromatic ring is 2. The molecule has 0 aliphatic heterocycles. The number of rotatable bonds is 5. The van der Waals surface area contributed by atoms with Gasteiger partial charge in [-0.25, -0.2) is 4.98 Å². The lowest BCUT2D eigenvalue weighted by atomic mass is 9.83. The lowest BCUT2D eigenvalue weighted by molar-refractivity contribution is 0.392. The average Bonchev–Trinajstić information content (AvgIpc) is 2.53. The summed E-state index contributed by atoms with van der Waals surface area (Å²) in [5.41, 5.74) is 13.9. The van der Waals surface area contributed by atoms with Gasteiger partial charge in [0.15, 0.2) is 0 Å². The molecular weight excluding hydrogens is 304 g/mol. The molecule has 0 saturated carbocycles. The summed E-state index contributed by atoms with van der Waals surface area (Å²) in [5.74, 6) is 2.05. The summed E-state index contributed by atoms with van der Waals surface area (Å²) in [5, 5.41) is 0. The minimum Gasteiger partial charge on any atom is -0.497 e. The summed E-state index contributed by atoms with van der Waals surface area (Å²) < 4.78 is 10.7. The van der Waals surface area contributed by atoms with Crippen LogP contribution in [0.15, 0.2) is 24.3 Å². The first-order valence-electron chi connectivity index (χ1n) is 7.59. The fourth-order valence-corrected chi connectivity index (χ4v) is 2.40. The molecule has 0 radical (unpaired) electrons. The Kier molecular flexibility index (Phi) is 4.97. The van der Waals surface area contributed by atoms with Gasteiger partial charge in [-0.15, -0.1) is 0 Å². The summed E-state index contributed by atoms with van der Waals surface area (Å²) >= 11 is 0. The maximum absolute atomic E-state index is 5.96. The molecule has 0 spiro atoms. The van der Waals surface area contributed by atoms with Gasteiger partial charge in [0.05, 0.1) is 19.9 Å². The molecular formula is C18H24N4O2. The minimum atomic E-state index is -0.276. The standard InChI is InChI=1S/C18H24N4O2/c1-11-15(16(19)22-17(20)21-11)6-7-18(2,3)12-8-13(23-4)10-14(9-12)24-5/h6-10H,1-5H3,(H4,19,20,21,22). The van der Waals surface area contributed by atoms with Crippen LogP contribution in [0.1, 0.15) is 30.7 Å². The van der Waals surface area contributed by atoms with E-state index in [9.17, 15) is 0 Å². The van der Waals surface area contributed by atoms with Gasteiger partial charge in [0.25, 0.3) is 0 Å². The first-order valence-corrected chi connectivity index (χ1v) is 7.59. The molecule has 4 N–H and O–H groups in total. The van der Waals surface area contributed by atoms with Crippen LogP contribution in [0.5, 0.6) is 11.5 Å². The molecule has 1 aromatic carbocycles. The average molecular weight is 328 g/mol. The number of benzene rings is 1. The fourth-order valence-electron chi connectivity index (χ4n) is 2.40. The number of hydrogen-bond donors (Lipinski definition) is 2. The van der Waals surface area contributed by atoms with Crippen LogP contribution >= 0.6 is 0 Å². The van der Waals surface area contributed by atoms with Crippen molar-refractivity contribution in [2.75, 3.05) is 25.7 Å². The molecule has 0 saturated heterocycles. The Bertz CT molecular complexity index is 724. The molecule has 0 unspecified atom stereocenters. The second-order valence-corrected chi connectivity index (χ2v) is 6.12. The van der Waals surface area contributed by atoms with Crippen LogP contribution in [0, 0.1) is 6.92 Å². The third kappa shape index (κ3) is 3.76. The second-order valence-electron chi connectivity index (χ2n) is 6.12. The molecule has 0 atom stereocenters. The molecule has 0 aliphatic carbocycles. The zero-order valence-corrected chi connectivity index (χ0v) is 14.8. The van der Waals surface area contributed by atoms with Gasteiger partial charge < -0.3 is 20.9 Å². The first kappa shape index (κ1) is 17.6. The van der Waals surface area contributed by atoms with Crippen LogP contribution in [0.3, 0.4) is 0 Å². The zero-order chi connectivity index (χ0) is 17.9. The third-order valence-electron chi connectivity index (χ3n) is 3.95. The molecule has 2 rings (SSSR count). The Labute approximate surface area is 142 Å². The molecule has 6 nitrogen and oxygen atoms in total. The van der Waals surface area contributed by atoms with Gasteiger partial charge in [-0.05, 0) is 24.6 Å². The van der Waals surface area contributed by atoms with Crippen molar-refractivity contribution in [2.45, 2.75) is 26.2 Å². The summed E-state index contributed by atoms with van der Waals surface area (Å²) in [4.78, 5) is 8.17. The van der Waals surface area contributed by atoms with Crippen molar-refractivity contribution < 1.29 is 9.47 Å². The van der Waals surface area contributed by atoms with Gasteiger partial charge in [0.1, 0.15) is 17.3 Å². The van der Waals surface area contributed by atoms with Crippen molar-refractivity contribution in [1.29, 1.82) is 0 Å². The number of hydrogen-bond acceptors (Lipinski definition) is 6. The van der Waals surface area contributed by atoms with Crippen LogP contribution in [0.25, 0.3) is 6.08 Å². The van der Waals surface area contributed by atoms with Gasteiger partial charge in [-0.3, -0.25) is 0 Å². The van der Waals surface area contributed by atoms with Gasteiger partial charge in [0.2, 0.25) is 5.95 Å². The number of methoxy groups -OCH3 is 2. The van der Waals surface area contributed by atoms with Crippen LogP contribution in [-0.4, -0.2) is 24.2 Å². The molecule has 0 aliphatic rings. The largest absolute Gasteiger partial charge is 0.497 e.